The van der Waals surface area contributed by atoms with Crippen LogP contribution >= 0.6 is 0 Å². The molecule has 6 heteroatoms. The molecule has 1 aliphatic rings. The zero-order chi connectivity index (χ0) is 16.2. The molecule has 0 spiro atoms. The Morgan fingerprint density at radius 1 is 1.09 bits per heavy atom. The largest absolute Gasteiger partial charge is 0.486 e. The zero-order valence-corrected chi connectivity index (χ0v) is 13.8. The number of hydrogen-bond donors (Lipinski definition) is 0. The normalized spacial score (nSPS) is 16.2. The summed E-state index contributed by atoms with van der Waals surface area (Å²) in [5, 5.41) is 8.53. The van der Waals surface area contributed by atoms with Gasteiger partial charge < -0.3 is 14.4 Å². The van der Waals surface area contributed by atoms with E-state index in [1.54, 1.807) is 0 Å². The second-order valence-corrected chi connectivity index (χ2v) is 5.59. The number of ether oxygens (including phenoxy) is 2. The minimum atomic E-state index is -0.0607. The first-order valence-electron chi connectivity index (χ1n) is 8.03. The van der Waals surface area contributed by atoms with E-state index in [1.807, 2.05) is 36.2 Å². The van der Waals surface area contributed by atoms with E-state index in [0.29, 0.717) is 19.1 Å². The Hall–Kier alpha value is -2.37. The highest BCUT2D eigenvalue weighted by Gasteiger charge is 2.23. The second kappa shape index (κ2) is 6.81. The van der Waals surface area contributed by atoms with Gasteiger partial charge in [0.1, 0.15) is 6.61 Å². The van der Waals surface area contributed by atoms with Crippen LogP contribution in [-0.4, -0.2) is 41.5 Å². The van der Waals surface area contributed by atoms with Gasteiger partial charge in [-0.3, -0.25) is 0 Å². The van der Waals surface area contributed by atoms with Gasteiger partial charge in [0.2, 0.25) is 5.95 Å². The fourth-order valence-electron chi connectivity index (χ4n) is 2.63. The Labute approximate surface area is 136 Å². The van der Waals surface area contributed by atoms with Crippen LogP contribution in [0.2, 0.25) is 0 Å². The lowest BCUT2D eigenvalue weighted by molar-refractivity contribution is 0.0958. The molecular formula is C17H22N4O2. The molecule has 1 aliphatic heterocycles. The van der Waals surface area contributed by atoms with Gasteiger partial charge >= 0.3 is 0 Å². The van der Waals surface area contributed by atoms with Crippen molar-refractivity contribution in [3.8, 4) is 11.5 Å². The number of rotatable bonds is 5. The van der Waals surface area contributed by atoms with E-state index in [9.17, 15) is 0 Å². The number of para-hydroxylation sites is 2. The molecule has 0 saturated heterocycles. The number of likely N-dealkylation sites (N-methyl/N-ethyl adjacent to an activating group) is 1. The number of nitrogens with zero attached hydrogens (tertiary/aromatic N) is 4. The van der Waals surface area contributed by atoms with Crippen molar-refractivity contribution in [2.75, 3.05) is 25.1 Å². The van der Waals surface area contributed by atoms with Crippen molar-refractivity contribution in [3.05, 3.63) is 35.7 Å². The molecule has 6 nitrogen and oxygen atoms in total. The minimum Gasteiger partial charge on any atom is -0.486 e. The Balaban J connectivity index is 1.69. The van der Waals surface area contributed by atoms with E-state index in [2.05, 4.69) is 29.0 Å². The molecule has 0 amide bonds. The third kappa shape index (κ3) is 3.36. The van der Waals surface area contributed by atoms with Crippen molar-refractivity contribution in [3.63, 3.8) is 0 Å². The van der Waals surface area contributed by atoms with Crippen molar-refractivity contribution in [1.82, 2.24) is 15.2 Å². The molecule has 2 aromatic rings. The molecule has 23 heavy (non-hydrogen) atoms. The average Bonchev–Trinajstić information content (AvgIpc) is 2.60. The van der Waals surface area contributed by atoms with Crippen LogP contribution in [0.5, 0.6) is 11.5 Å². The summed E-state index contributed by atoms with van der Waals surface area (Å²) in [6, 6.07) is 7.72. The molecule has 122 valence electrons. The number of aromatic nitrogens is 3. The van der Waals surface area contributed by atoms with Gasteiger partial charge in [0.05, 0.1) is 17.9 Å². The molecular weight excluding hydrogens is 292 g/mol. The van der Waals surface area contributed by atoms with Gasteiger partial charge in [-0.15, -0.1) is 5.10 Å². The Morgan fingerprint density at radius 3 is 2.57 bits per heavy atom. The number of hydrogen-bond acceptors (Lipinski definition) is 6. The lowest BCUT2D eigenvalue weighted by Gasteiger charge is -2.29. The molecule has 1 aromatic carbocycles. The van der Waals surface area contributed by atoms with Crippen LogP contribution < -0.4 is 14.4 Å². The lowest BCUT2D eigenvalue weighted by atomic mass is 10.2. The molecule has 0 fully saturated rings. The van der Waals surface area contributed by atoms with Crippen LogP contribution in [-0.2, 0) is 12.8 Å². The van der Waals surface area contributed by atoms with Gasteiger partial charge in [-0.05, 0) is 25.0 Å². The van der Waals surface area contributed by atoms with Crippen molar-refractivity contribution in [1.29, 1.82) is 0 Å². The first-order valence-corrected chi connectivity index (χ1v) is 8.03. The van der Waals surface area contributed by atoms with Crippen molar-refractivity contribution in [2.24, 2.45) is 0 Å². The van der Waals surface area contributed by atoms with E-state index in [1.165, 1.54) is 0 Å². The van der Waals surface area contributed by atoms with Gasteiger partial charge in [0.15, 0.2) is 17.6 Å². The molecule has 2 heterocycles. The molecule has 0 saturated carbocycles. The maximum Gasteiger partial charge on any atom is 0.245 e. The first kappa shape index (κ1) is 15.5. The summed E-state index contributed by atoms with van der Waals surface area (Å²) >= 11 is 0. The molecule has 0 radical (unpaired) electrons. The standard InChI is InChI=1S/C17H22N4O2/c1-4-13-14(5-2)19-20-17(18-13)21(3)10-12-11-22-15-8-6-7-9-16(15)23-12/h6-9,12H,4-5,10-11H2,1-3H3/t12-/m1/s1. The van der Waals surface area contributed by atoms with E-state index >= 15 is 0 Å². The fraction of sp³-hybridized carbons (Fsp3) is 0.471. The quantitative estimate of drug-likeness (QED) is 0.844. The smallest absolute Gasteiger partial charge is 0.245 e. The monoisotopic (exact) mass is 314 g/mol. The molecule has 1 atom stereocenters. The van der Waals surface area contributed by atoms with Crippen LogP contribution in [0, 0.1) is 0 Å². The number of aryl methyl sites for hydroxylation is 2. The van der Waals surface area contributed by atoms with Gasteiger partial charge in [-0.1, -0.05) is 26.0 Å². The number of fused-ring (bicyclic) bond motifs is 1. The summed E-state index contributed by atoms with van der Waals surface area (Å²) in [5.41, 5.74) is 1.98. The SMILES string of the molecule is CCc1nnc(N(C)C[C@@H]2COc3ccccc3O2)nc1CC. The zero-order valence-electron chi connectivity index (χ0n) is 13.8. The van der Waals surface area contributed by atoms with Crippen LogP contribution in [0.15, 0.2) is 24.3 Å². The van der Waals surface area contributed by atoms with E-state index < -0.39 is 0 Å². The summed E-state index contributed by atoms with van der Waals surface area (Å²) in [6.07, 6.45) is 1.65. The predicted molar refractivity (Wildman–Crippen MR) is 88.2 cm³/mol. The lowest BCUT2D eigenvalue weighted by Crippen LogP contribution is -2.40. The average molecular weight is 314 g/mol. The highest BCUT2D eigenvalue weighted by atomic mass is 16.6. The minimum absolute atomic E-state index is 0.0607. The maximum absolute atomic E-state index is 5.98. The predicted octanol–water partition coefficient (Wildman–Crippen LogP) is 2.27. The van der Waals surface area contributed by atoms with Gasteiger partial charge in [-0.25, -0.2) is 4.98 Å². The van der Waals surface area contributed by atoms with Crippen molar-refractivity contribution in [2.45, 2.75) is 32.8 Å². The highest BCUT2D eigenvalue weighted by Crippen LogP contribution is 2.31. The van der Waals surface area contributed by atoms with Crippen molar-refractivity contribution >= 4 is 5.95 Å². The third-order valence-electron chi connectivity index (χ3n) is 3.88. The van der Waals surface area contributed by atoms with E-state index in [-0.39, 0.29) is 6.10 Å². The fourth-order valence-corrected chi connectivity index (χ4v) is 2.63. The molecule has 1 aromatic heterocycles. The van der Waals surface area contributed by atoms with Gasteiger partial charge in [0.25, 0.3) is 0 Å². The molecule has 0 N–H and O–H groups in total. The Bertz CT molecular complexity index is 677. The number of anilines is 1. The van der Waals surface area contributed by atoms with E-state index in [0.717, 1.165) is 35.7 Å². The second-order valence-electron chi connectivity index (χ2n) is 5.59. The van der Waals surface area contributed by atoms with Crippen LogP contribution in [0.1, 0.15) is 25.2 Å². The van der Waals surface area contributed by atoms with Crippen LogP contribution in [0.4, 0.5) is 5.95 Å². The molecule has 3 rings (SSSR count). The molecule has 0 aliphatic carbocycles. The highest BCUT2D eigenvalue weighted by molar-refractivity contribution is 5.41. The molecule has 0 unspecified atom stereocenters. The third-order valence-corrected chi connectivity index (χ3v) is 3.88. The summed E-state index contributed by atoms with van der Waals surface area (Å²) in [7, 11) is 1.95. The maximum atomic E-state index is 5.98. The number of benzene rings is 1. The van der Waals surface area contributed by atoms with Crippen LogP contribution in [0.3, 0.4) is 0 Å². The molecule has 0 bridgehead atoms. The topological polar surface area (TPSA) is 60.4 Å². The summed E-state index contributed by atoms with van der Waals surface area (Å²) < 4.78 is 11.7. The van der Waals surface area contributed by atoms with Crippen LogP contribution in [0.25, 0.3) is 0 Å². The van der Waals surface area contributed by atoms with Gasteiger partial charge in [-0.2, -0.15) is 5.10 Å². The van der Waals surface area contributed by atoms with E-state index in [4.69, 9.17) is 9.47 Å². The Morgan fingerprint density at radius 2 is 1.83 bits per heavy atom. The van der Waals surface area contributed by atoms with Gasteiger partial charge in [0, 0.05) is 7.05 Å². The first-order chi connectivity index (χ1) is 11.2. The summed E-state index contributed by atoms with van der Waals surface area (Å²) in [6.45, 7) is 5.31. The summed E-state index contributed by atoms with van der Waals surface area (Å²) in [4.78, 5) is 6.59. The van der Waals surface area contributed by atoms with Crippen molar-refractivity contribution < 1.29 is 9.47 Å². The summed E-state index contributed by atoms with van der Waals surface area (Å²) in [5.74, 6) is 2.21. The Kier molecular flexibility index (Phi) is 4.60.